The fraction of sp³-hybridized carbons (Fsp3) is 0.588. The molecule has 1 heterocycles. The van der Waals surface area contributed by atoms with Crippen molar-refractivity contribution < 1.29 is 4.74 Å². The molecular weight excluding hydrogens is 262 g/mol. The van der Waals surface area contributed by atoms with Crippen LogP contribution in [0.2, 0.25) is 0 Å². The summed E-state index contributed by atoms with van der Waals surface area (Å²) in [5.41, 5.74) is 8.38. The molecule has 0 fully saturated rings. The first kappa shape index (κ1) is 15.8. The van der Waals surface area contributed by atoms with Crippen LogP contribution in [0.15, 0.2) is 18.2 Å². The SMILES string of the molecule is CCCCCCn1c(C(N)CC)nc2cc(OC)ccc21. The molecule has 0 aliphatic heterocycles. The van der Waals surface area contributed by atoms with Crippen LogP contribution in [0.5, 0.6) is 5.75 Å². The number of fused-ring (bicyclic) bond motifs is 1. The number of methoxy groups -OCH3 is 1. The highest BCUT2D eigenvalue weighted by Gasteiger charge is 2.16. The Balaban J connectivity index is 2.33. The van der Waals surface area contributed by atoms with E-state index in [1.807, 2.05) is 12.1 Å². The number of nitrogens with two attached hydrogens (primary N) is 1. The molecule has 0 saturated heterocycles. The van der Waals surface area contributed by atoms with Crippen molar-refractivity contribution in [3.05, 3.63) is 24.0 Å². The van der Waals surface area contributed by atoms with E-state index >= 15 is 0 Å². The third-order valence-electron chi connectivity index (χ3n) is 3.99. The van der Waals surface area contributed by atoms with Crippen molar-refractivity contribution >= 4 is 11.0 Å². The van der Waals surface area contributed by atoms with Crippen molar-refractivity contribution in [3.8, 4) is 5.75 Å². The second kappa shape index (κ2) is 7.46. The first-order valence-corrected chi connectivity index (χ1v) is 8.01. The van der Waals surface area contributed by atoms with E-state index in [0.29, 0.717) is 0 Å². The van der Waals surface area contributed by atoms with Gasteiger partial charge < -0.3 is 15.0 Å². The zero-order valence-electron chi connectivity index (χ0n) is 13.4. The van der Waals surface area contributed by atoms with Gasteiger partial charge in [0.2, 0.25) is 0 Å². The summed E-state index contributed by atoms with van der Waals surface area (Å²) in [4.78, 5) is 4.75. The van der Waals surface area contributed by atoms with Crippen LogP contribution in [0.3, 0.4) is 0 Å². The molecule has 2 aromatic rings. The fourth-order valence-electron chi connectivity index (χ4n) is 2.65. The molecule has 1 aromatic heterocycles. The molecular formula is C17H27N3O. The quantitative estimate of drug-likeness (QED) is 0.746. The van der Waals surface area contributed by atoms with Crippen LogP contribution in [0, 0.1) is 0 Å². The van der Waals surface area contributed by atoms with Gasteiger partial charge in [-0.05, 0) is 25.0 Å². The Morgan fingerprint density at radius 1 is 1.24 bits per heavy atom. The molecule has 21 heavy (non-hydrogen) atoms. The number of aromatic nitrogens is 2. The normalized spacial score (nSPS) is 12.8. The van der Waals surface area contributed by atoms with Crippen molar-refractivity contribution in [1.29, 1.82) is 0 Å². The Hall–Kier alpha value is -1.55. The summed E-state index contributed by atoms with van der Waals surface area (Å²) < 4.78 is 7.58. The molecule has 0 bridgehead atoms. The molecule has 0 aliphatic carbocycles. The molecule has 0 amide bonds. The maximum Gasteiger partial charge on any atom is 0.126 e. The molecule has 0 radical (unpaired) electrons. The minimum Gasteiger partial charge on any atom is -0.497 e. The number of benzene rings is 1. The largest absolute Gasteiger partial charge is 0.497 e. The van der Waals surface area contributed by atoms with Crippen molar-refractivity contribution in [2.75, 3.05) is 7.11 Å². The molecule has 1 aromatic carbocycles. The van der Waals surface area contributed by atoms with Crippen molar-refractivity contribution in [2.45, 2.75) is 58.5 Å². The summed E-state index contributed by atoms with van der Waals surface area (Å²) in [6.45, 7) is 5.33. The topological polar surface area (TPSA) is 53.1 Å². The molecule has 1 atom stereocenters. The predicted octanol–water partition coefficient (Wildman–Crippen LogP) is 4.04. The molecule has 4 heteroatoms. The second-order valence-corrected chi connectivity index (χ2v) is 5.55. The molecule has 2 N–H and O–H groups in total. The van der Waals surface area contributed by atoms with E-state index in [-0.39, 0.29) is 6.04 Å². The van der Waals surface area contributed by atoms with Crippen LogP contribution in [-0.4, -0.2) is 16.7 Å². The van der Waals surface area contributed by atoms with Crippen LogP contribution in [-0.2, 0) is 6.54 Å². The summed E-state index contributed by atoms with van der Waals surface area (Å²) in [6.07, 6.45) is 5.87. The molecule has 116 valence electrons. The second-order valence-electron chi connectivity index (χ2n) is 5.55. The lowest BCUT2D eigenvalue weighted by atomic mass is 10.2. The minimum absolute atomic E-state index is 0.00503. The van der Waals surface area contributed by atoms with Crippen molar-refractivity contribution in [2.24, 2.45) is 5.73 Å². The van der Waals surface area contributed by atoms with Gasteiger partial charge in [0, 0.05) is 12.6 Å². The molecule has 1 unspecified atom stereocenters. The summed E-state index contributed by atoms with van der Waals surface area (Å²) in [5.74, 6) is 1.84. The monoisotopic (exact) mass is 289 g/mol. The van der Waals surface area contributed by atoms with E-state index in [9.17, 15) is 0 Å². The third kappa shape index (κ3) is 3.56. The van der Waals surface area contributed by atoms with Gasteiger partial charge >= 0.3 is 0 Å². The molecule has 0 spiro atoms. The lowest BCUT2D eigenvalue weighted by Gasteiger charge is -2.13. The summed E-state index contributed by atoms with van der Waals surface area (Å²) in [6, 6.07) is 6.07. The Kier molecular flexibility index (Phi) is 5.62. The Labute approximate surface area is 127 Å². The third-order valence-corrected chi connectivity index (χ3v) is 3.99. The Morgan fingerprint density at radius 3 is 2.71 bits per heavy atom. The van der Waals surface area contributed by atoms with Crippen molar-refractivity contribution in [3.63, 3.8) is 0 Å². The summed E-state index contributed by atoms with van der Waals surface area (Å²) in [7, 11) is 1.68. The smallest absolute Gasteiger partial charge is 0.126 e. The van der Waals surface area contributed by atoms with E-state index in [2.05, 4.69) is 24.5 Å². The van der Waals surface area contributed by atoms with Gasteiger partial charge in [0.25, 0.3) is 0 Å². The van der Waals surface area contributed by atoms with Gasteiger partial charge in [-0.15, -0.1) is 0 Å². The summed E-state index contributed by atoms with van der Waals surface area (Å²) >= 11 is 0. The molecule has 4 nitrogen and oxygen atoms in total. The lowest BCUT2D eigenvalue weighted by Crippen LogP contribution is -2.16. The maximum absolute atomic E-state index is 6.25. The fourth-order valence-corrected chi connectivity index (χ4v) is 2.65. The highest BCUT2D eigenvalue weighted by Crippen LogP contribution is 2.25. The van der Waals surface area contributed by atoms with E-state index in [1.165, 1.54) is 25.7 Å². The van der Waals surface area contributed by atoms with E-state index in [1.54, 1.807) is 7.11 Å². The van der Waals surface area contributed by atoms with Crippen LogP contribution in [0.1, 0.15) is 57.8 Å². The molecule has 0 saturated carbocycles. The standard InChI is InChI=1S/C17H27N3O/c1-4-6-7-8-11-20-16-10-9-13(21-3)12-15(16)19-17(20)14(18)5-2/h9-10,12,14H,4-8,11,18H2,1-3H3. The number of ether oxygens (including phenoxy) is 1. The number of imidazole rings is 1. The van der Waals surface area contributed by atoms with Crippen LogP contribution in [0.25, 0.3) is 11.0 Å². The highest BCUT2D eigenvalue weighted by atomic mass is 16.5. The number of hydrogen-bond donors (Lipinski definition) is 1. The number of nitrogens with zero attached hydrogens (tertiary/aromatic N) is 2. The number of unbranched alkanes of at least 4 members (excludes halogenated alkanes) is 3. The summed E-state index contributed by atoms with van der Waals surface area (Å²) in [5, 5.41) is 0. The average Bonchev–Trinajstić information content (AvgIpc) is 2.88. The highest BCUT2D eigenvalue weighted by molar-refractivity contribution is 5.78. The first-order valence-electron chi connectivity index (χ1n) is 8.01. The van der Waals surface area contributed by atoms with Gasteiger partial charge in [-0.25, -0.2) is 4.98 Å². The van der Waals surface area contributed by atoms with E-state index in [4.69, 9.17) is 15.5 Å². The van der Waals surface area contributed by atoms with E-state index in [0.717, 1.165) is 35.6 Å². The minimum atomic E-state index is -0.00503. The van der Waals surface area contributed by atoms with Crippen LogP contribution >= 0.6 is 0 Å². The predicted molar refractivity (Wildman–Crippen MR) is 87.6 cm³/mol. The van der Waals surface area contributed by atoms with Gasteiger partial charge in [0.05, 0.1) is 24.2 Å². The zero-order chi connectivity index (χ0) is 15.2. The van der Waals surface area contributed by atoms with Gasteiger partial charge in [-0.2, -0.15) is 0 Å². The molecule has 0 aliphatic rings. The number of aryl methyl sites for hydroxylation is 1. The van der Waals surface area contributed by atoms with Crippen LogP contribution in [0.4, 0.5) is 0 Å². The van der Waals surface area contributed by atoms with Gasteiger partial charge in [0.15, 0.2) is 0 Å². The maximum atomic E-state index is 6.25. The van der Waals surface area contributed by atoms with Crippen LogP contribution < -0.4 is 10.5 Å². The van der Waals surface area contributed by atoms with Gasteiger partial charge in [0.1, 0.15) is 11.6 Å². The molecule has 2 rings (SSSR count). The van der Waals surface area contributed by atoms with Gasteiger partial charge in [-0.1, -0.05) is 33.1 Å². The Bertz CT molecular complexity index is 577. The number of rotatable bonds is 8. The zero-order valence-corrected chi connectivity index (χ0v) is 13.4. The lowest BCUT2D eigenvalue weighted by molar-refractivity contribution is 0.415. The first-order chi connectivity index (χ1) is 10.2. The van der Waals surface area contributed by atoms with Crippen molar-refractivity contribution in [1.82, 2.24) is 9.55 Å². The van der Waals surface area contributed by atoms with Gasteiger partial charge in [-0.3, -0.25) is 0 Å². The number of hydrogen-bond acceptors (Lipinski definition) is 3. The Morgan fingerprint density at radius 2 is 2.05 bits per heavy atom. The average molecular weight is 289 g/mol. The van der Waals surface area contributed by atoms with E-state index < -0.39 is 0 Å².